The van der Waals surface area contributed by atoms with Crippen LogP contribution in [-0.4, -0.2) is 76.3 Å². The Morgan fingerprint density at radius 2 is 1.49 bits per heavy atom. The number of aliphatic hydroxyl groups excluding tert-OH is 5. The first-order valence-electron chi connectivity index (χ1n) is 15.4. The van der Waals surface area contributed by atoms with Gasteiger partial charge in [-0.3, -0.25) is 0 Å². The Bertz CT molecular complexity index is 1620. The fraction of sp³-hybridized carbons (Fsp3) is 0.333. The second kappa shape index (κ2) is 16.3. The standard InChI is InChI=1S/C36H40ClNO9/c1-22-25(8-5-9-27(22)24-10-11-31-34(15-24)45-13-12-44-31)21-47-33-16-32(46-20-23-6-3-2-4-7-23)26(14-28(33)37)17-38-18-29(40)35(42)36(43)30(41)19-39/h2-11,14-16,29-30,35-36,38-43H,12-13,17-21H2,1H3. The van der Waals surface area contributed by atoms with Gasteiger partial charge in [0, 0.05) is 24.7 Å². The molecular formula is C36H40ClNO9. The third-order valence-electron chi connectivity index (χ3n) is 8.03. The third kappa shape index (κ3) is 8.74. The summed E-state index contributed by atoms with van der Waals surface area (Å²) < 4.78 is 23.9. The van der Waals surface area contributed by atoms with Gasteiger partial charge >= 0.3 is 0 Å². The van der Waals surface area contributed by atoms with Crippen molar-refractivity contribution in [1.29, 1.82) is 0 Å². The van der Waals surface area contributed by atoms with Crippen LogP contribution in [-0.2, 0) is 19.8 Å². The molecule has 6 N–H and O–H groups in total. The lowest BCUT2D eigenvalue weighted by atomic mass is 9.96. The van der Waals surface area contributed by atoms with Gasteiger partial charge in [0.2, 0.25) is 0 Å². The van der Waals surface area contributed by atoms with Crippen molar-refractivity contribution in [3.05, 3.63) is 106 Å². The molecule has 4 unspecified atom stereocenters. The lowest BCUT2D eigenvalue weighted by molar-refractivity contribution is -0.114. The van der Waals surface area contributed by atoms with Crippen LogP contribution in [0.3, 0.4) is 0 Å². The molecule has 4 aromatic carbocycles. The predicted molar refractivity (Wildman–Crippen MR) is 177 cm³/mol. The van der Waals surface area contributed by atoms with Crippen molar-refractivity contribution in [2.75, 3.05) is 26.4 Å². The van der Waals surface area contributed by atoms with Gasteiger partial charge in [0.25, 0.3) is 0 Å². The Kier molecular flexibility index (Phi) is 12.0. The first-order chi connectivity index (χ1) is 22.7. The van der Waals surface area contributed by atoms with E-state index in [0.717, 1.165) is 39.3 Å². The van der Waals surface area contributed by atoms with Gasteiger partial charge in [-0.25, -0.2) is 0 Å². The van der Waals surface area contributed by atoms with Crippen molar-refractivity contribution in [3.8, 4) is 34.1 Å². The minimum absolute atomic E-state index is 0.122. The van der Waals surface area contributed by atoms with Crippen LogP contribution in [0, 0.1) is 6.92 Å². The van der Waals surface area contributed by atoms with Crippen LogP contribution in [0.1, 0.15) is 22.3 Å². The largest absolute Gasteiger partial charge is 0.488 e. The molecule has 1 heterocycles. The number of nitrogens with one attached hydrogen (secondary N) is 1. The topological polar surface area (TPSA) is 150 Å². The molecule has 11 heteroatoms. The van der Waals surface area contributed by atoms with Crippen LogP contribution in [0.2, 0.25) is 5.02 Å². The molecule has 1 aliphatic heterocycles. The maximum absolute atomic E-state index is 10.3. The number of fused-ring (bicyclic) bond motifs is 1. The van der Waals surface area contributed by atoms with Gasteiger partial charge in [-0.05, 0) is 52.9 Å². The summed E-state index contributed by atoms with van der Waals surface area (Å²) in [7, 11) is 0. The van der Waals surface area contributed by atoms with Crippen LogP contribution >= 0.6 is 11.6 Å². The molecule has 250 valence electrons. The van der Waals surface area contributed by atoms with Crippen molar-refractivity contribution >= 4 is 11.6 Å². The Hall–Kier alpha value is -3.87. The molecule has 47 heavy (non-hydrogen) atoms. The first kappa shape index (κ1) is 34.5. The lowest BCUT2D eigenvalue weighted by Gasteiger charge is -2.26. The highest BCUT2D eigenvalue weighted by atomic mass is 35.5. The molecule has 0 bridgehead atoms. The van der Waals surface area contributed by atoms with E-state index in [9.17, 15) is 20.4 Å². The summed E-state index contributed by atoms with van der Waals surface area (Å²) in [5.41, 5.74) is 5.73. The summed E-state index contributed by atoms with van der Waals surface area (Å²) in [6.07, 6.45) is -6.38. The van der Waals surface area contributed by atoms with E-state index in [2.05, 4.69) is 11.4 Å². The molecule has 0 amide bonds. The maximum Gasteiger partial charge on any atom is 0.161 e. The maximum atomic E-state index is 10.3. The van der Waals surface area contributed by atoms with Crippen LogP contribution in [0.4, 0.5) is 0 Å². The summed E-state index contributed by atoms with van der Waals surface area (Å²) >= 11 is 6.70. The molecule has 0 aliphatic carbocycles. The van der Waals surface area contributed by atoms with Gasteiger partial charge in [0.15, 0.2) is 11.5 Å². The summed E-state index contributed by atoms with van der Waals surface area (Å²) in [5, 5.41) is 52.4. The highest BCUT2D eigenvalue weighted by Gasteiger charge is 2.29. The van der Waals surface area contributed by atoms with E-state index >= 15 is 0 Å². The summed E-state index contributed by atoms with van der Waals surface area (Å²) in [5.74, 6) is 2.40. The summed E-state index contributed by atoms with van der Waals surface area (Å²) in [6, 6.07) is 25.1. The number of hydrogen-bond acceptors (Lipinski definition) is 10. The Balaban J connectivity index is 1.31. The number of benzene rings is 4. The number of hydrogen-bond donors (Lipinski definition) is 6. The van der Waals surface area contributed by atoms with E-state index in [-0.39, 0.29) is 26.3 Å². The average Bonchev–Trinajstić information content (AvgIpc) is 3.10. The average molecular weight is 666 g/mol. The first-order valence-corrected chi connectivity index (χ1v) is 15.8. The zero-order valence-corrected chi connectivity index (χ0v) is 26.8. The number of ether oxygens (including phenoxy) is 4. The lowest BCUT2D eigenvalue weighted by Crippen LogP contribution is -2.48. The predicted octanol–water partition coefficient (Wildman–Crippen LogP) is 3.77. The van der Waals surface area contributed by atoms with Crippen molar-refractivity contribution in [1.82, 2.24) is 5.32 Å². The zero-order valence-electron chi connectivity index (χ0n) is 26.0. The highest BCUT2D eigenvalue weighted by Crippen LogP contribution is 2.37. The molecule has 0 saturated carbocycles. The van der Waals surface area contributed by atoms with E-state index in [1.807, 2.05) is 67.6 Å². The Morgan fingerprint density at radius 1 is 0.766 bits per heavy atom. The van der Waals surface area contributed by atoms with E-state index in [4.69, 9.17) is 35.7 Å². The molecule has 0 saturated heterocycles. The summed E-state index contributed by atoms with van der Waals surface area (Å²) in [4.78, 5) is 0. The van der Waals surface area contributed by atoms with Crippen molar-refractivity contribution < 1.29 is 44.5 Å². The molecule has 1 aliphatic rings. The van der Waals surface area contributed by atoms with E-state index in [0.29, 0.717) is 35.3 Å². The number of halogens is 1. The Labute approximate surface area is 278 Å². The van der Waals surface area contributed by atoms with Crippen LogP contribution in [0.25, 0.3) is 11.1 Å². The Morgan fingerprint density at radius 3 is 2.26 bits per heavy atom. The smallest absolute Gasteiger partial charge is 0.161 e. The van der Waals surface area contributed by atoms with Gasteiger partial charge in [0.05, 0.1) is 17.7 Å². The van der Waals surface area contributed by atoms with Crippen molar-refractivity contribution in [2.45, 2.75) is 51.1 Å². The molecule has 0 spiro atoms. The van der Waals surface area contributed by atoms with E-state index in [1.165, 1.54) is 0 Å². The minimum Gasteiger partial charge on any atom is -0.488 e. The molecule has 4 aromatic rings. The van der Waals surface area contributed by atoms with Crippen LogP contribution in [0.5, 0.6) is 23.0 Å². The SMILES string of the molecule is Cc1c(COc2cc(OCc3ccccc3)c(CNCC(O)C(O)C(O)C(O)CO)cc2Cl)cccc1-c1ccc2c(c1)OCCO2. The van der Waals surface area contributed by atoms with Crippen molar-refractivity contribution in [2.24, 2.45) is 0 Å². The quantitative estimate of drug-likeness (QED) is 0.111. The second-order valence-electron chi connectivity index (χ2n) is 11.3. The minimum atomic E-state index is -1.71. The number of rotatable bonds is 15. The molecular weight excluding hydrogens is 626 g/mol. The van der Waals surface area contributed by atoms with Gasteiger partial charge in [-0.1, -0.05) is 66.2 Å². The zero-order chi connectivity index (χ0) is 33.3. The van der Waals surface area contributed by atoms with Crippen molar-refractivity contribution in [3.63, 3.8) is 0 Å². The molecule has 0 radical (unpaired) electrons. The highest BCUT2D eigenvalue weighted by molar-refractivity contribution is 6.32. The van der Waals surface area contributed by atoms with Crippen LogP contribution in [0.15, 0.2) is 78.9 Å². The molecule has 10 nitrogen and oxygen atoms in total. The van der Waals surface area contributed by atoms with Gasteiger partial charge in [-0.15, -0.1) is 0 Å². The van der Waals surface area contributed by atoms with Crippen LogP contribution < -0.4 is 24.3 Å². The normalized spacial score (nSPS) is 15.0. The van der Waals surface area contributed by atoms with Gasteiger partial charge in [0.1, 0.15) is 56.2 Å². The molecule has 0 aromatic heterocycles. The number of aliphatic hydroxyl groups is 5. The second-order valence-corrected chi connectivity index (χ2v) is 11.7. The van der Waals surface area contributed by atoms with Gasteiger partial charge < -0.3 is 49.8 Å². The summed E-state index contributed by atoms with van der Waals surface area (Å²) in [6.45, 7) is 2.97. The van der Waals surface area contributed by atoms with E-state index in [1.54, 1.807) is 12.1 Å². The fourth-order valence-corrected chi connectivity index (χ4v) is 5.49. The molecule has 4 atom stereocenters. The van der Waals surface area contributed by atoms with E-state index < -0.39 is 31.0 Å². The third-order valence-corrected chi connectivity index (χ3v) is 8.32. The molecule has 5 rings (SSSR count). The fourth-order valence-electron chi connectivity index (χ4n) is 5.25. The monoisotopic (exact) mass is 665 g/mol. The molecule has 0 fully saturated rings. The van der Waals surface area contributed by atoms with Gasteiger partial charge in [-0.2, -0.15) is 0 Å².